The highest BCUT2D eigenvalue weighted by atomic mass is 31.1. The zero-order valence-electron chi connectivity index (χ0n) is 15.0. The Balaban J connectivity index is 3.65. The maximum Gasteiger partial charge on any atom is 0.328 e. The van der Waals surface area contributed by atoms with Gasteiger partial charge < -0.3 is 14.9 Å². The van der Waals surface area contributed by atoms with Gasteiger partial charge in [-0.05, 0) is 19.8 Å². The zero-order chi connectivity index (χ0) is 17.5. The molecule has 0 saturated heterocycles. The second-order valence-electron chi connectivity index (χ2n) is 6.14. The summed E-state index contributed by atoms with van der Waals surface area (Å²) in [5.41, 5.74) is 0. The van der Waals surface area contributed by atoms with Gasteiger partial charge in [0.25, 0.3) is 0 Å². The van der Waals surface area contributed by atoms with Crippen LogP contribution in [0.1, 0.15) is 71.1 Å². The van der Waals surface area contributed by atoms with Crippen molar-refractivity contribution in [3.8, 4) is 0 Å². The van der Waals surface area contributed by atoms with Crippen LogP contribution < -0.4 is 5.32 Å². The number of rotatable bonds is 15. The molecule has 6 heteroatoms. The Kier molecular flexibility index (Phi) is 14.5. The van der Waals surface area contributed by atoms with Crippen molar-refractivity contribution in [3.05, 3.63) is 0 Å². The van der Waals surface area contributed by atoms with E-state index in [9.17, 15) is 9.59 Å². The Morgan fingerprint density at radius 1 is 1.00 bits per heavy atom. The van der Waals surface area contributed by atoms with Gasteiger partial charge >= 0.3 is 5.97 Å². The highest BCUT2D eigenvalue weighted by Gasteiger charge is 2.20. The molecule has 0 aliphatic heterocycles. The number of hydrogen-bond acceptors (Lipinski definition) is 3. The second kappa shape index (κ2) is 14.9. The Labute approximate surface area is 142 Å². The van der Waals surface area contributed by atoms with Gasteiger partial charge in [0, 0.05) is 14.6 Å². The fraction of sp³-hybridized carbons (Fsp3) is 0.882. The van der Waals surface area contributed by atoms with E-state index in [-0.39, 0.29) is 12.5 Å². The molecule has 2 N–H and O–H groups in total. The lowest BCUT2D eigenvalue weighted by Crippen LogP contribution is -2.43. The molecular weight excluding hydrogens is 313 g/mol. The first-order valence-corrected chi connectivity index (χ1v) is 10.9. The SMILES string of the molecule is CCCCCCCCCCCC(=O)N[C@@H](COP(C)C)C(=O)O. The van der Waals surface area contributed by atoms with Gasteiger partial charge in [-0.3, -0.25) is 4.79 Å². The molecule has 0 spiro atoms. The van der Waals surface area contributed by atoms with Crippen LogP contribution in [0.2, 0.25) is 0 Å². The van der Waals surface area contributed by atoms with E-state index in [2.05, 4.69) is 12.2 Å². The van der Waals surface area contributed by atoms with Crippen LogP contribution in [0.5, 0.6) is 0 Å². The quantitative estimate of drug-likeness (QED) is 0.345. The van der Waals surface area contributed by atoms with Crippen molar-refractivity contribution in [1.82, 2.24) is 5.32 Å². The van der Waals surface area contributed by atoms with E-state index in [4.69, 9.17) is 9.63 Å². The van der Waals surface area contributed by atoms with E-state index >= 15 is 0 Å². The molecule has 0 rings (SSSR count). The predicted octanol–water partition coefficient (Wildman–Crippen LogP) is 4.15. The third-order valence-electron chi connectivity index (χ3n) is 3.64. The van der Waals surface area contributed by atoms with Crippen molar-refractivity contribution >= 4 is 20.0 Å². The molecule has 0 bridgehead atoms. The Hall–Kier alpha value is -0.670. The standard InChI is InChI=1S/C17H34NO4P/c1-4-5-6-7-8-9-10-11-12-13-16(19)18-15(17(20)21)14-22-23(2)3/h15H,4-14H2,1-3H3,(H,18,19)(H,20,21)/t15-/m0/s1. The molecule has 0 aliphatic carbocycles. The van der Waals surface area contributed by atoms with E-state index < -0.39 is 20.2 Å². The average molecular weight is 347 g/mol. The topological polar surface area (TPSA) is 75.6 Å². The molecule has 0 heterocycles. The van der Waals surface area contributed by atoms with Crippen LogP contribution in [-0.2, 0) is 14.1 Å². The van der Waals surface area contributed by atoms with Gasteiger partial charge in [0.1, 0.15) is 0 Å². The van der Waals surface area contributed by atoms with E-state index in [0.717, 1.165) is 19.3 Å². The number of carbonyl (C=O) groups excluding carboxylic acids is 1. The molecule has 0 aromatic rings. The van der Waals surface area contributed by atoms with E-state index in [1.54, 1.807) is 0 Å². The normalized spacial score (nSPS) is 12.3. The summed E-state index contributed by atoms with van der Waals surface area (Å²) in [7, 11) is -0.621. The number of hydrogen-bond donors (Lipinski definition) is 2. The summed E-state index contributed by atoms with van der Waals surface area (Å²) >= 11 is 0. The van der Waals surface area contributed by atoms with Crippen molar-refractivity contribution in [2.75, 3.05) is 19.9 Å². The fourth-order valence-corrected chi connectivity index (χ4v) is 2.71. The number of unbranched alkanes of at least 4 members (excludes halogenated alkanes) is 8. The molecule has 1 amide bonds. The van der Waals surface area contributed by atoms with Crippen LogP contribution in [0.4, 0.5) is 0 Å². The smallest absolute Gasteiger partial charge is 0.328 e. The van der Waals surface area contributed by atoms with Gasteiger partial charge in [-0.15, -0.1) is 0 Å². The Morgan fingerprint density at radius 3 is 2.00 bits per heavy atom. The molecule has 23 heavy (non-hydrogen) atoms. The van der Waals surface area contributed by atoms with Gasteiger partial charge in [0.2, 0.25) is 5.91 Å². The summed E-state index contributed by atoms with van der Waals surface area (Å²) in [6.07, 6.45) is 11.2. The first kappa shape index (κ1) is 22.3. The van der Waals surface area contributed by atoms with Crippen molar-refractivity contribution in [2.45, 2.75) is 77.2 Å². The van der Waals surface area contributed by atoms with Gasteiger partial charge in [0.15, 0.2) is 6.04 Å². The molecule has 0 aromatic heterocycles. The number of amides is 1. The molecule has 0 saturated carbocycles. The number of carbonyl (C=O) groups is 2. The van der Waals surface area contributed by atoms with Gasteiger partial charge in [-0.25, -0.2) is 4.79 Å². The van der Waals surface area contributed by atoms with Crippen LogP contribution in [0.25, 0.3) is 0 Å². The van der Waals surface area contributed by atoms with E-state index in [1.165, 1.54) is 38.5 Å². The Bertz CT molecular complexity index is 324. The van der Waals surface area contributed by atoms with Crippen molar-refractivity contribution in [1.29, 1.82) is 0 Å². The molecule has 136 valence electrons. The van der Waals surface area contributed by atoms with Crippen molar-refractivity contribution in [2.24, 2.45) is 0 Å². The summed E-state index contributed by atoms with van der Waals surface area (Å²) in [4.78, 5) is 22.9. The molecular formula is C17H34NO4P. The summed E-state index contributed by atoms with van der Waals surface area (Å²) < 4.78 is 5.33. The van der Waals surface area contributed by atoms with Crippen LogP contribution in [0, 0.1) is 0 Å². The largest absolute Gasteiger partial charge is 0.480 e. The maximum atomic E-state index is 11.8. The maximum absolute atomic E-state index is 11.8. The lowest BCUT2D eigenvalue weighted by Gasteiger charge is -2.16. The summed E-state index contributed by atoms with van der Waals surface area (Å²) in [5, 5.41) is 11.6. The van der Waals surface area contributed by atoms with Crippen LogP contribution >= 0.6 is 8.15 Å². The minimum Gasteiger partial charge on any atom is -0.480 e. The van der Waals surface area contributed by atoms with Crippen LogP contribution in [0.15, 0.2) is 0 Å². The van der Waals surface area contributed by atoms with Crippen LogP contribution in [0.3, 0.4) is 0 Å². The summed E-state index contributed by atoms with van der Waals surface area (Å²) in [5.74, 6) is -1.23. The van der Waals surface area contributed by atoms with Gasteiger partial charge in [0.05, 0.1) is 6.61 Å². The lowest BCUT2D eigenvalue weighted by atomic mass is 10.1. The molecule has 0 aromatic carbocycles. The monoisotopic (exact) mass is 347 g/mol. The average Bonchev–Trinajstić information content (AvgIpc) is 2.49. The summed E-state index contributed by atoms with van der Waals surface area (Å²) in [6.45, 7) is 6.06. The molecule has 0 fully saturated rings. The number of nitrogens with one attached hydrogen (secondary N) is 1. The first-order valence-electron chi connectivity index (χ1n) is 8.79. The van der Waals surface area contributed by atoms with Crippen molar-refractivity contribution < 1.29 is 19.2 Å². The molecule has 0 unspecified atom stereocenters. The van der Waals surface area contributed by atoms with Gasteiger partial charge in [-0.2, -0.15) is 0 Å². The molecule has 1 atom stereocenters. The lowest BCUT2D eigenvalue weighted by molar-refractivity contribution is -0.142. The highest BCUT2D eigenvalue weighted by molar-refractivity contribution is 7.50. The third-order valence-corrected chi connectivity index (χ3v) is 4.31. The fourth-order valence-electron chi connectivity index (χ4n) is 2.26. The number of carboxylic acids is 1. The third kappa shape index (κ3) is 14.6. The number of aliphatic carboxylic acids is 1. The summed E-state index contributed by atoms with van der Waals surface area (Å²) in [6, 6.07) is -0.939. The van der Waals surface area contributed by atoms with E-state index in [0.29, 0.717) is 6.42 Å². The van der Waals surface area contributed by atoms with Crippen molar-refractivity contribution in [3.63, 3.8) is 0 Å². The minimum absolute atomic E-state index is 0.0392. The second-order valence-corrected chi connectivity index (χ2v) is 8.03. The predicted molar refractivity (Wildman–Crippen MR) is 96.1 cm³/mol. The molecule has 0 aliphatic rings. The minimum atomic E-state index is -1.04. The molecule has 0 radical (unpaired) electrons. The van der Waals surface area contributed by atoms with Gasteiger partial charge in [-0.1, -0.05) is 58.3 Å². The zero-order valence-corrected chi connectivity index (χ0v) is 15.9. The number of carboxylic acid groups (broad SMARTS) is 1. The van der Waals surface area contributed by atoms with E-state index in [1.807, 2.05) is 13.3 Å². The van der Waals surface area contributed by atoms with Crippen LogP contribution in [-0.4, -0.2) is 43.0 Å². The molecule has 5 nitrogen and oxygen atoms in total. The Morgan fingerprint density at radius 2 is 1.52 bits per heavy atom. The first-order chi connectivity index (χ1) is 11.0. The highest BCUT2D eigenvalue weighted by Crippen LogP contribution is 2.25.